The third kappa shape index (κ3) is 4.73. The Morgan fingerprint density at radius 3 is 2.41 bits per heavy atom. The molecule has 2 aromatic rings. The number of benzene rings is 2. The van der Waals surface area contributed by atoms with Gasteiger partial charge in [0.1, 0.15) is 0 Å². The molecular weight excluding hydrogens is 270 g/mol. The molecule has 0 spiro atoms. The Hall–Kier alpha value is -2.09. The summed E-state index contributed by atoms with van der Waals surface area (Å²) in [5, 5.41) is 3.10. The lowest BCUT2D eigenvalue weighted by molar-refractivity contribution is 0.0937. The summed E-state index contributed by atoms with van der Waals surface area (Å²) in [6.07, 6.45) is 3.93. The van der Waals surface area contributed by atoms with Crippen LogP contribution < -0.4 is 5.32 Å². The number of aryl methyl sites for hydroxylation is 2. The first-order chi connectivity index (χ1) is 10.7. The van der Waals surface area contributed by atoms with E-state index in [1.165, 1.54) is 5.56 Å². The minimum atomic E-state index is 0.0459. The molecule has 0 radical (unpaired) electrons. The standard InChI is InChI=1S/C20H25NO/c1-3-9-16(2)21-20(22)19-13-8-7-12-18(19)15-14-17-10-5-4-6-11-17/h4-8,10-13,16H,3,9,14-15H2,1-2H3,(H,21,22)/t16-/m0/s1. The molecule has 0 aromatic heterocycles. The topological polar surface area (TPSA) is 29.1 Å². The summed E-state index contributed by atoms with van der Waals surface area (Å²) in [4.78, 5) is 12.5. The van der Waals surface area contributed by atoms with Gasteiger partial charge in [0.2, 0.25) is 0 Å². The summed E-state index contributed by atoms with van der Waals surface area (Å²) in [5.74, 6) is 0.0459. The molecule has 2 rings (SSSR count). The Labute approximate surface area is 133 Å². The summed E-state index contributed by atoms with van der Waals surface area (Å²) >= 11 is 0. The van der Waals surface area contributed by atoms with E-state index in [1.807, 2.05) is 24.3 Å². The van der Waals surface area contributed by atoms with Gasteiger partial charge in [-0.3, -0.25) is 4.79 Å². The van der Waals surface area contributed by atoms with Crippen LogP contribution in [0, 0.1) is 0 Å². The van der Waals surface area contributed by atoms with Crippen molar-refractivity contribution in [3.63, 3.8) is 0 Å². The summed E-state index contributed by atoms with van der Waals surface area (Å²) in [6.45, 7) is 4.20. The highest BCUT2D eigenvalue weighted by Crippen LogP contribution is 2.13. The summed E-state index contributed by atoms with van der Waals surface area (Å²) in [7, 11) is 0. The van der Waals surface area contributed by atoms with Gasteiger partial charge in [-0.2, -0.15) is 0 Å². The number of rotatable bonds is 7. The number of carbonyl (C=O) groups is 1. The van der Waals surface area contributed by atoms with Crippen LogP contribution in [-0.4, -0.2) is 11.9 Å². The van der Waals surface area contributed by atoms with Gasteiger partial charge in [-0.05, 0) is 43.4 Å². The fourth-order valence-corrected chi connectivity index (χ4v) is 2.69. The van der Waals surface area contributed by atoms with Crippen LogP contribution in [0.3, 0.4) is 0 Å². The second-order valence-electron chi connectivity index (χ2n) is 5.81. The third-order valence-corrected chi connectivity index (χ3v) is 3.89. The van der Waals surface area contributed by atoms with Gasteiger partial charge in [-0.15, -0.1) is 0 Å². The molecular formula is C20H25NO. The normalized spacial score (nSPS) is 11.9. The van der Waals surface area contributed by atoms with Gasteiger partial charge in [-0.25, -0.2) is 0 Å². The first kappa shape index (κ1) is 16.3. The predicted molar refractivity (Wildman–Crippen MR) is 92.1 cm³/mol. The molecule has 0 unspecified atom stereocenters. The number of amides is 1. The Balaban J connectivity index is 2.04. The molecule has 116 valence electrons. The maximum Gasteiger partial charge on any atom is 0.251 e. The van der Waals surface area contributed by atoms with E-state index >= 15 is 0 Å². The van der Waals surface area contributed by atoms with Gasteiger partial charge in [0.05, 0.1) is 0 Å². The van der Waals surface area contributed by atoms with Crippen molar-refractivity contribution in [2.24, 2.45) is 0 Å². The maximum atomic E-state index is 12.5. The Morgan fingerprint density at radius 1 is 1.00 bits per heavy atom. The van der Waals surface area contributed by atoms with Crippen LogP contribution in [0.5, 0.6) is 0 Å². The van der Waals surface area contributed by atoms with Crippen molar-refractivity contribution in [2.75, 3.05) is 0 Å². The van der Waals surface area contributed by atoms with Crippen LogP contribution in [0.25, 0.3) is 0 Å². The Morgan fingerprint density at radius 2 is 1.68 bits per heavy atom. The largest absolute Gasteiger partial charge is 0.350 e. The molecule has 22 heavy (non-hydrogen) atoms. The van der Waals surface area contributed by atoms with Gasteiger partial charge in [0, 0.05) is 11.6 Å². The molecule has 0 aliphatic heterocycles. The highest BCUT2D eigenvalue weighted by Gasteiger charge is 2.12. The summed E-state index contributed by atoms with van der Waals surface area (Å²) < 4.78 is 0. The number of carbonyl (C=O) groups excluding carboxylic acids is 1. The van der Waals surface area contributed by atoms with E-state index in [-0.39, 0.29) is 11.9 Å². The molecule has 2 nitrogen and oxygen atoms in total. The van der Waals surface area contributed by atoms with Crippen molar-refractivity contribution in [3.8, 4) is 0 Å². The van der Waals surface area contributed by atoms with Gasteiger partial charge < -0.3 is 5.32 Å². The smallest absolute Gasteiger partial charge is 0.251 e. The molecule has 0 saturated heterocycles. The van der Waals surface area contributed by atoms with Crippen molar-refractivity contribution in [3.05, 3.63) is 71.3 Å². The van der Waals surface area contributed by atoms with Gasteiger partial charge in [0.25, 0.3) is 5.91 Å². The van der Waals surface area contributed by atoms with Gasteiger partial charge in [0.15, 0.2) is 0 Å². The van der Waals surface area contributed by atoms with E-state index in [0.29, 0.717) is 0 Å². The highest BCUT2D eigenvalue weighted by molar-refractivity contribution is 5.95. The molecule has 0 aliphatic rings. The zero-order chi connectivity index (χ0) is 15.8. The lowest BCUT2D eigenvalue weighted by Crippen LogP contribution is -2.33. The fraction of sp³-hybridized carbons (Fsp3) is 0.350. The molecule has 2 aromatic carbocycles. The first-order valence-electron chi connectivity index (χ1n) is 8.13. The molecule has 0 heterocycles. The van der Waals surface area contributed by atoms with E-state index in [9.17, 15) is 4.79 Å². The van der Waals surface area contributed by atoms with E-state index in [1.54, 1.807) is 0 Å². The van der Waals surface area contributed by atoms with Crippen molar-refractivity contribution < 1.29 is 4.79 Å². The Kier molecular flexibility index (Phi) is 6.20. The molecule has 0 saturated carbocycles. The van der Waals surface area contributed by atoms with Crippen LogP contribution in [0.2, 0.25) is 0 Å². The van der Waals surface area contributed by atoms with Crippen molar-refractivity contribution in [1.82, 2.24) is 5.32 Å². The first-order valence-corrected chi connectivity index (χ1v) is 8.13. The molecule has 2 heteroatoms. The van der Waals surface area contributed by atoms with Crippen LogP contribution in [0.1, 0.15) is 48.2 Å². The van der Waals surface area contributed by atoms with Crippen molar-refractivity contribution >= 4 is 5.91 Å². The molecule has 0 aliphatic carbocycles. The van der Waals surface area contributed by atoms with Gasteiger partial charge >= 0.3 is 0 Å². The quantitative estimate of drug-likeness (QED) is 0.806. The molecule has 1 amide bonds. The van der Waals surface area contributed by atoms with Crippen LogP contribution in [0.4, 0.5) is 0 Å². The molecule has 0 fully saturated rings. The summed E-state index contributed by atoms with van der Waals surface area (Å²) in [5.41, 5.74) is 3.23. The van der Waals surface area contributed by atoms with Crippen LogP contribution in [0.15, 0.2) is 54.6 Å². The molecule has 1 atom stereocenters. The number of hydrogen-bond acceptors (Lipinski definition) is 1. The summed E-state index contributed by atoms with van der Waals surface area (Å²) in [6, 6.07) is 18.5. The average Bonchev–Trinajstić information content (AvgIpc) is 2.54. The predicted octanol–water partition coefficient (Wildman–Crippen LogP) is 4.39. The number of hydrogen-bond donors (Lipinski definition) is 1. The van der Waals surface area contributed by atoms with Gasteiger partial charge in [-0.1, -0.05) is 61.9 Å². The van der Waals surface area contributed by atoms with Crippen LogP contribution >= 0.6 is 0 Å². The third-order valence-electron chi connectivity index (χ3n) is 3.89. The monoisotopic (exact) mass is 295 g/mol. The van der Waals surface area contributed by atoms with E-state index < -0.39 is 0 Å². The maximum absolute atomic E-state index is 12.5. The van der Waals surface area contributed by atoms with E-state index in [0.717, 1.165) is 36.8 Å². The average molecular weight is 295 g/mol. The lowest BCUT2D eigenvalue weighted by Gasteiger charge is -2.15. The molecule has 1 N–H and O–H groups in total. The molecule has 0 bridgehead atoms. The number of nitrogens with one attached hydrogen (secondary N) is 1. The minimum absolute atomic E-state index is 0.0459. The fourth-order valence-electron chi connectivity index (χ4n) is 2.69. The zero-order valence-electron chi connectivity index (χ0n) is 13.5. The van der Waals surface area contributed by atoms with Crippen molar-refractivity contribution in [1.29, 1.82) is 0 Å². The lowest BCUT2D eigenvalue weighted by atomic mass is 9.99. The van der Waals surface area contributed by atoms with E-state index in [2.05, 4.69) is 49.5 Å². The van der Waals surface area contributed by atoms with Crippen molar-refractivity contribution in [2.45, 2.75) is 45.6 Å². The minimum Gasteiger partial charge on any atom is -0.350 e. The second kappa shape index (κ2) is 8.38. The van der Waals surface area contributed by atoms with Crippen LogP contribution in [-0.2, 0) is 12.8 Å². The Bertz CT molecular complexity index is 592. The SMILES string of the molecule is CCC[C@H](C)NC(=O)c1ccccc1CCc1ccccc1. The van der Waals surface area contributed by atoms with E-state index in [4.69, 9.17) is 0 Å². The zero-order valence-corrected chi connectivity index (χ0v) is 13.5. The highest BCUT2D eigenvalue weighted by atomic mass is 16.1. The second-order valence-corrected chi connectivity index (χ2v) is 5.81.